The van der Waals surface area contributed by atoms with E-state index >= 15 is 0 Å². The number of fused-ring (bicyclic) bond motifs is 2. The molecule has 24 heavy (non-hydrogen) atoms. The number of aromatic nitrogens is 1. The minimum atomic E-state index is 0.0259. The maximum atomic E-state index is 12.3. The molecule has 5 nitrogen and oxygen atoms in total. The normalized spacial score (nSPS) is 24.2. The summed E-state index contributed by atoms with van der Waals surface area (Å²) in [7, 11) is 0. The number of carbonyl (C=O) groups is 1. The second-order valence-electron chi connectivity index (χ2n) is 6.73. The van der Waals surface area contributed by atoms with Gasteiger partial charge in [-0.25, -0.2) is 0 Å². The fourth-order valence-electron chi connectivity index (χ4n) is 3.78. The Morgan fingerprint density at radius 3 is 3.29 bits per heavy atom. The van der Waals surface area contributed by atoms with Crippen molar-refractivity contribution >= 4 is 28.4 Å². The molecule has 2 unspecified atom stereocenters. The van der Waals surface area contributed by atoms with E-state index in [9.17, 15) is 4.79 Å². The summed E-state index contributed by atoms with van der Waals surface area (Å²) < 4.78 is 5.88. The van der Waals surface area contributed by atoms with Gasteiger partial charge < -0.3 is 15.0 Å². The molecule has 2 aliphatic rings. The molecule has 0 radical (unpaired) electrons. The Morgan fingerprint density at radius 2 is 2.38 bits per heavy atom. The summed E-state index contributed by atoms with van der Waals surface area (Å²) >= 11 is 5.99. The van der Waals surface area contributed by atoms with Crippen LogP contribution in [0, 0.1) is 0 Å². The van der Waals surface area contributed by atoms with Crippen LogP contribution in [-0.4, -0.2) is 54.2 Å². The number of ether oxygens (including phenoxy) is 1. The van der Waals surface area contributed by atoms with Gasteiger partial charge in [0, 0.05) is 41.3 Å². The fraction of sp³-hybridized carbons (Fsp3) is 0.500. The van der Waals surface area contributed by atoms with Crippen LogP contribution in [0.2, 0.25) is 5.02 Å². The average Bonchev–Trinajstić information content (AvgIpc) is 3.19. The minimum Gasteiger partial charge on any atom is -0.373 e. The van der Waals surface area contributed by atoms with Crippen molar-refractivity contribution in [1.82, 2.24) is 15.2 Å². The molecule has 1 aromatic heterocycles. The monoisotopic (exact) mass is 347 g/mol. The maximum Gasteiger partial charge on any atom is 0.224 e. The molecule has 4 rings (SSSR count). The Bertz CT molecular complexity index is 745. The molecule has 1 aromatic carbocycles. The quantitative estimate of drug-likeness (QED) is 0.892. The van der Waals surface area contributed by atoms with Crippen molar-refractivity contribution in [3.05, 3.63) is 35.0 Å². The smallest absolute Gasteiger partial charge is 0.224 e. The number of rotatable bonds is 4. The molecule has 2 saturated heterocycles. The first-order valence-electron chi connectivity index (χ1n) is 8.57. The highest BCUT2D eigenvalue weighted by molar-refractivity contribution is 6.31. The van der Waals surface area contributed by atoms with Gasteiger partial charge in [-0.3, -0.25) is 9.69 Å². The molecule has 2 fully saturated rings. The van der Waals surface area contributed by atoms with E-state index in [1.54, 1.807) is 0 Å². The lowest BCUT2D eigenvalue weighted by atomic mass is 10.1. The lowest BCUT2D eigenvalue weighted by molar-refractivity contribution is -0.121. The van der Waals surface area contributed by atoms with Gasteiger partial charge in [0.15, 0.2) is 0 Å². The maximum absolute atomic E-state index is 12.3. The molecular weight excluding hydrogens is 326 g/mol. The fourth-order valence-corrected chi connectivity index (χ4v) is 3.95. The van der Waals surface area contributed by atoms with Crippen LogP contribution in [0.3, 0.4) is 0 Å². The van der Waals surface area contributed by atoms with Crippen molar-refractivity contribution in [3.63, 3.8) is 0 Å². The zero-order chi connectivity index (χ0) is 16.5. The van der Waals surface area contributed by atoms with Gasteiger partial charge in [0.05, 0.1) is 19.1 Å². The SMILES string of the molecule is O=C(Cc1c[nH]c2cc(Cl)ccc12)NCC1CN2CCCC2CO1. The standard InChI is InChI=1S/C18H22ClN3O2/c19-13-3-4-16-12(8-20-17(16)7-13)6-18(23)21-9-15-10-22-5-1-2-14(22)11-24-15/h3-4,7-8,14-15,20H,1-2,5-6,9-11H2,(H,21,23). The Hall–Kier alpha value is -1.56. The van der Waals surface area contributed by atoms with Crippen molar-refractivity contribution in [1.29, 1.82) is 0 Å². The average molecular weight is 348 g/mol. The molecule has 3 heterocycles. The van der Waals surface area contributed by atoms with Crippen molar-refractivity contribution in [2.75, 3.05) is 26.2 Å². The Balaban J connectivity index is 1.31. The van der Waals surface area contributed by atoms with E-state index in [1.807, 2.05) is 24.4 Å². The molecule has 2 aliphatic heterocycles. The van der Waals surface area contributed by atoms with E-state index in [-0.39, 0.29) is 12.0 Å². The summed E-state index contributed by atoms with van der Waals surface area (Å²) in [5, 5.41) is 4.75. The summed E-state index contributed by atoms with van der Waals surface area (Å²) in [5.74, 6) is 0.0259. The van der Waals surface area contributed by atoms with Crippen LogP contribution >= 0.6 is 11.6 Å². The number of morpholine rings is 1. The number of aromatic amines is 1. The van der Waals surface area contributed by atoms with Gasteiger partial charge in [-0.2, -0.15) is 0 Å². The van der Waals surface area contributed by atoms with Crippen LogP contribution in [-0.2, 0) is 16.0 Å². The Kier molecular flexibility index (Phi) is 4.48. The third-order valence-corrected chi connectivity index (χ3v) is 5.30. The number of H-pyrrole nitrogens is 1. The van der Waals surface area contributed by atoms with E-state index in [1.165, 1.54) is 12.8 Å². The lowest BCUT2D eigenvalue weighted by Crippen LogP contribution is -2.50. The van der Waals surface area contributed by atoms with Gasteiger partial charge in [-0.1, -0.05) is 17.7 Å². The molecule has 0 bridgehead atoms. The number of carbonyl (C=O) groups excluding carboxylic acids is 1. The molecule has 1 amide bonds. The topological polar surface area (TPSA) is 57.4 Å². The zero-order valence-electron chi connectivity index (χ0n) is 13.6. The number of benzene rings is 1. The summed E-state index contributed by atoms with van der Waals surface area (Å²) in [6.07, 6.45) is 4.85. The Morgan fingerprint density at radius 1 is 1.46 bits per heavy atom. The van der Waals surface area contributed by atoms with Crippen LogP contribution < -0.4 is 5.32 Å². The van der Waals surface area contributed by atoms with E-state index < -0.39 is 0 Å². The number of halogens is 1. The third-order valence-electron chi connectivity index (χ3n) is 5.07. The van der Waals surface area contributed by atoms with Crippen LogP contribution in [0.25, 0.3) is 10.9 Å². The van der Waals surface area contributed by atoms with Crippen molar-refractivity contribution in [2.45, 2.75) is 31.4 Å². The minimum absolute atomic E-state index is 0.0259. The summed E-state index contributed by atoms with van der Waals surface area (Å²) in [5.41, 5.74) is 1.95. The first-order chi connectivity index (χ1) is 11.7. The first-order valence-corrected chi connectivity index (χ1v) is 8.95. The van der Waals surface area contributed by atoms with Gasteiger partial charge in [-0.05, 0) is 37.1 Å². The number of hydrogen-bond acceptors (Lipinski definition) is 3. The van der Waals surface area contributed by atoms with Crippen molar-refractivity contribution in [3.8, 4) is 0 Å². The molecule has 2 N–H and O–H groups in total. The van der Waals surface area contributed by atoms with Crippen LogP contribution in [0.15, 0.2) is 24.4 Å². The van der Waals surface area contributed by atoms with Gasteiger partial charge >= 0.3 is 0 Å². The predicted molar refractivity (Wildman–Crippen MR) is 94.4 cm³/mol. The highest BCUT2D eigenvalue weighted by Gasteiger charge is 2.32. The number of hydrogen-bond donors (Lipinski definition) is 2. The van der Waals surface area contributed by atoms with Gasteiger partial charge in [-0.15, -0.1) is 0 Å². The molecular formula is C18H22ClN3O2. The summed E-state index contributed by atoms with van der Waals surface area (Å²) in [6, 6.07) is 6.27. The van der Waals surface area contributed by atoms with Gasteiger partial charge in [0.1, 0.15) is 0 Å². The van der Waals surface area contributed by atoms with Crippen molar-refractivity contribution < 1.29 is 9.53 Å². The lowest BCUT2D eigenvalue weighted by Gasteiger charge is -2.35. The zero-order valence-corrected chi connectivity index (χ0v) is 14.3. The summed E-state index contributed by atoms with van der Waals surface area (Å²) in [6.45, 7) is 3.47. The van der Waals surface area contributed by atoms with Gasteiger partial charge in [0.25, 0.3) is 0 Å². The number of nitrogens with zero attached hydrogens (tertiary/aromatic N) is 1. The van der Waals surface area contributed by atoms with Crippen LogP contribution in [0.5, 0.6) is 0 Å². The molecule has 0 saturated carbocycles. The van der Waals surface area contributed by atoms with Crippen LogP contribution in [0.4, 0.5) is 0 Å². The van der Waals surface area contributed by atoms with Gasteiger partial charge in [0.2, 0.25) is 5.91 Å². The van der Waals surface area contributed by atoms with E-state index in [4.69, 9.17) is 16.3 Å². The van der Waals surface area contributed by atoms with E-state index in [0.29, 0.717) is 24.0 Å². The van der Waals surface area contributed by atoms with Crippen molar-refractivity contribution in [2.24, 2.45) is 0 Å². The van der Waals surface area contributed by atoms with E-state index in [0.717, 1.165) is 36.2 Å². The largest absolute Gasteiger partial charge is 0.373 e. The highest BCUT2D eigenvalue weighted by atomic mass is 35.5. The molecule has 128 valence electrons. The second-order valence-corrected chi connectivity index (χ2v) is 7.17. The molecule has 0 spiro atoms. The third kappa shape index (κ3) is 3.29. The predicted octanol–water partition coefficient (Wildman–Crippen LogP) is 2.34. The molecule has 2 atom stereocenters. The molecule has 0 aliphatic carbocycles. The number of nitrogens with one attached hydrogen (secondary N) is 2. The highest BCUT2D eigenvalue weighted by Crippen LogP contribution is 2.23. The Labute approximate surface area is 146 Å². The second kappa shape index (κ2) is 6.75. The number of amides is 1. The van der Waals surface area contributed by atoms with E-state index in [2.05, 4.69) is 15.2 Å². The first kappa shape index (κ1) is 15.9. The molecule has 2 aromatic rings. The summed E-state index contributed by atoms with van der Waals surface area (Å²) in [4.78, 5) is 17.9. The van der Waals surface area contributed by atoms with Crippen LogP contribution in [0.1, 0.15) is 18.4 Å². The molecule has 6 heteroatoms.